The molecule has 0 aliphatic heterocycles. The highest BCUT2D eigenvalue weighted by molar-refractivity contribution is 7.91. The summed E-state index contributed by atoms with van der Waals surface area (Å²) < 4.78 is 65.3. The number of carboxylic acids is 1. The van der Waals surface area contributed by atoms with Crippen molar-refractivity contribution >= 4 is 21.5 Å². The van der Waals surface area contributed by atoms with Crippen molar-refractivity contribution in [3.8, 4) is 11.1 Å². The average Bonchev–Trinajstić information content (AvgIpc) is 2.77. The maximum Gasteiger partial charge on any atom is 0.416 e. The van der Waals surface area contributed by atoms with Crippen LogP contribution in [0.3, 0.4) is 0 Å². The summed E-state index contributed by atoms with van der Waals surface area (Å²) in [6.07, 6.45) is -1.19. The predicted octanol–water partition coefficient (Wildman–Crippen LogP) is 6.27. The number of hydrogen-bond acceptors (Lipinski definition) is 4. The summed E-state index contributed by atoms with van der Waals surface area (Å²) in [5, 5.41) is 9.66. The van der Waals surface area contributed by atoms with E-state index in [2.05, 4.69) is 0 Å². The largest absolute Gasteiger partial charge is 0.478 e. The van der Waals surface area contributed by atoms with Crippen molar-refractivity contribution in [2.24, 2.45) is 0 Å². The first-order valence-corrected chi connectivity index (χ1v) is 12.7. The number of aromatic carboxylic acids is 1. The number of anilines is 1. The Morgan fingerprint density at radius 3 is 1.94 bits per heavy atom. The zero-order valence-corrected chi connectivity index (χ0v) is 19.9. The number of alkyl halides is 3. The molecule has 0 bridgehead atoms. The van der Waals surface area contributed by atoms with Crippen LogP contribution in [0.15, 0.2) is 41.3 Å². The lowest BCUT2D eigenvalue weighted by Crippen LogP contribution is -2.27. The Kier molecular flexibility index (Phi) is 8.94. The van der Waals surface area contributed by atoms with Gasteiger partial charge in [0.1, 0.15) is 0 Å². The monoisotopic (exact) mass is 485 g/mol. The van der Waals surface area contributed by atoms with Gasteiger partial charge in [0.25, 0.3) is 0 Å². The van der Waals surface area contributed by atoms with E-state index in [1.54, 1.807) is 0 Å². The van der Waals surface area contributed by atoms with Gasteiger partial charge in [0.2, 0.25) is 0 Å². The van der Waals surface area contributed by atoms with Crippen molar-refractivity contribution < 1.29 is 31.5 Å². The van der Waals surface area contributed by atoms with Gasteiger partial charge in [-0.05, 0) is 42.7 Å². The SMILES string of the molecule is CCCCN(CCCC)c1cc(C(=O)O)cc(S(=O)(=O)CC)c1-c1ccc(C(F)(F)F)cc1. The molecule has 5 nitrogen and oxygen atoms in total. The number of halogens is 3. The van der Waals surface area contributed by atoms with Crippen LogP contribution in [0, 0.1) is 0 Å². The van der Waals surface area contributed by atoms with E-state index in [4.69, 9.17) is 0 Å². The number of hydrogen-bond donors (Lipinski definition) is 1. The van der Waals surface area contributed by atoms with Gasteiger partial charge in [0.15, 0.2) is 9.84 Å². The van der Waals surface area contributed by atoms with E-state index >= 15 is 0 Å². The van der Waals surface area contributed by atoms with E-state index in [9.17, 15) is 31.5 Å². The third-order valence-corrected chi connectivity index (χ3v) is 7.20. The molecule has 33 heavy (non-hydrogen) atoms. The van der Waals surface area contributed by atoms with Crippen LogP contribution >= 0.6 is 0 Å². The van der Waals surface area contributed by atoms with E-state index in [1.807, 2.05) is 18.7 Å². The molecule has 2 aromatic rings. The molecule has 1 N–H and O–H groups in total. The van der Waals surface area contributed by atoms with Crippen molar-refractivity contribution in [1.82, 2.24) is 0 Å². The second-order valence-corrected chi connectivity index (χ2v) is 10.1. The lowest BCUT2D eigenvalue weighted by molar-refractivity contribution is -0.137. The summed E-state index contributed by atoms with van der Waals surface area (Å²) in [5.74, 6) is -1.54. The Hall–Kier alpha value is -2.55. The summed E-state index contributed by atoms with van der Waals surface area (Å²) in [7, 11) is -3.88. The third kappa shape index (κ3) is 6.50. The minimum absolute atomic E-state index is 0.175. The Morgan fingerprint density at radius 1 is 0.970 bits per heavy atom. The first-order chi connectivity index (χ1) is 15.5. The van der Waals surface area contributed by atoms with E-state index in [1.165, 1.54) is 25.1 Å². The third-order valence-electron chi connectivity index (χ3n) is 5.45. The number of sulfone groups is 1. The van der Waals surface area contributed by atoms with Crippen molar-refractivity contribution in [2.75, 3.05) is 23.7 Å². The fraction of sp³-hybridized carbons (Fsp3) is 0.458. The zero-order valence-electron chi connectivity index (χ0n) is 19.1. The molecule has 0 radical (unpaired) electrons. The van der Waals surface area contributed by atoms with Crippen LogP contribution in [0.2, 0.25) is 0 Å². The fourth-order valence-electron chi connectivity index (χ4n) is 3.54. The molecular formula is C24H30F3NO4S. The molecule has 0 aromatic heterocycles. The second kappa shape index (κ2) is 11.0. The highest BCUT2D eigenvalue weighted by Gasteiger charge is 2.31. The summed E-state index contributed by atoms with van der Waals surface area (Å²) in [6, 6.07) is 6.85. The summed E-state index contributed by atoms with van der Waals surface area (Å²) in [5.41, 5.74) is -0.0827. The van der Waals surface area contributed by atoms with E-state index in [0.717, 1.165) is 43.9 Å². The minimum Gasteiger partial charge on any atom is -0.478 e. The van der Waals surface area contributed by atoms with Gasteiger partial charge in [-0.1, -0.05) is 45.7 Å². The number of benzene rings is 2. The van der Waals surface area contributed by atoms with Gasteiger partial charge < -0.3 is 10.0 Å². The first-order valence-electron chi connectivity index (χ1n) is 11.0. The van der Waals surface area contributed by atoms with E-state index in [0.29, 0.717) is 24.3 Å². The molecule has 0 aliphatic carbocycles. The maximum absolute atomic E-state index is 13.1. The van der Waals surface area contributed by atoms with E-state index in [-0.39, 0.29) is 21.8 Å². The van der Waals surface area contributed by atoms with Crippen LogP contribution in [-0.4, -0.2) is 38.3 Å². The molecule has 0 heterocycles. The molecule has 182 valence electrons. The van der Waals surface area contributed by atoms with Gasteiger partial charge in [0.05, 0.1) is 21.8 Å². The summed E-state index contributed by atoms with van der Waals surface area (Å²) in [4.78, 5) is 13.6. The number of rotatable bonds is 11. The average molecular weight is 486 g/mol. The Bertz CT molecular complexity index is 1060. The molecule has 2 rings (SSSR count). The summed E-state index contributed by atoms with van der Waals surface area (Å²) in [6.45, 7) is 6.60. The predicted molar refractivity (Wildman–Crippen MR) is 124 cm³/mol. The van der Waals surface area contributed by atoms with Crippen LogP contribution in [0.1, 0.15) is 62.4 Å². The smallest absolute Gasteiger partial charge is 0.416 e. The zero-order chi connectivity index (χ0) is 24.8. The fourth-order valence-corrected chi connectivity index (χ4v) is 4.69. The molecular weight excluding hydrogens is 455 g/mol. The number of unbranched alkanes of at least 4 members (excludes halogenated alkanes) is 2. The molecule has 0 saturated carbocycles. The van der Waals surface area contributed by atoms with Crippen LogP contribution in [-0.2, 0) is 16.0 Å². The molecule has 0 fully saturated rings. The van der Waals surface area contributed by atoms with Gasteiger partial charge in [0, 0.05) is 24.3 Å². The van der Waals surface area contributed by atoms with Crippen molar-refractivity contribution in [1.29, 1.82) is 0 Å². The van der Waals surface area contributed by atoms with Crippen LogP contribution < -0.4 is 4.90 Å². The van der Waals surface area contributed by atoms with Gasteiger partial charge in [-0.25, -0.2) is 13.2 Å². The number of carbonyl (C=O) groups is 1. The lowest BCUT2D eigenvalue weighted by atomic mass is 9.98. The molecule has 0 amide bonds. The van der Waals surface area contributed by atoms with Gasteiger partial charge in [-0.3, -0.25) is 0 Å². The second-order valence-electron chi connectivity index (χ2n) is 7.85. The Balaban J connectivity index is 2.88. The number of nitrogens with zero attached hydrogens (tertiary/aromatic N) is 1. The topological polar surface area (TPSA) is 74.7 Å². The molecule has 0 unspecified atom stereocenters. The molecule has 2 aromatic carbocycles. The van der Waals surface area contributed by atoms with Crippen molar-refractivity contribution in [2.45, 2.75) is 57.5 Å². The summed E-state index contributed by atoms with van der Waals surface area (Å²) >= 11 is 0. The quantitative estimate of drug-likeness (QED) is 0.406. The molecule has 0 spiro atoms. The Labute approximate surface area is 193 Å². The molecule has 0 atom stereocenters. The normalized spacial score (nSPS) is 12.1. The van der Waals surface area contributed by atoms with E-state index < -0.39 is 27.5 Å². The molecule has 9 heteroatoms. The van der Waals surface area contributed by atoms with Crippen LogP contribution in [0.4, 0.5) is 18.9 Å². The first kappa shape index (κ1) is 26.7. The van der Waals surface area contributed by atoms with Crippen LogP contribution in [0.5, 0.6) is 0 Å². The molecule has 0 aliphatic rings. The van der Waals surface area contributed by atoms with Crippen LogP contribution in [0.25, 0.3) is 11.1 Å². The van der Waals surface area contributed by atoms with Gasteiger partial charge >= 0.3 is 12.1 Å². The standard InChI is InChI=1S/C24H30F3NO4S/c1-4-7-13-28(14-8-5-2)20-15-18(23(29)30)16-21(33(31,32)6-3)22(20)17-9-11-19(12-10-17)24(25,26)27/h9-12,15-16H,4-8,13-14H2,1-3H3,(H,29,30). The highest BCUT2D eigenvalue weighted by Crippen LogP contribution is 2.40. The highest BCUT2D eigenvalue weighted by atomic mass is 32.2. The lowest BCUT2D eigenvalue weighted by Gasteiger charge is -2.29. The maximum atomic E-state index is 13.1. The van der Waals surface area contributed by atoms with Crippen molar-refractivity contribution in [3.63, 3.8) is 0 Å². The van der Waals surface area contributed by atoms with Gasteiger partial charge in [-0.2, -0.15) is 13.2 Å². The molecule has 0 saturated heterocycles. The van der Waals surface area contributed by atoms with Crippen molar-refractivity contribution in [3.05, 3.63) is 47.5 Å². The van der Waals surface area contributed by atoms with Gasteiger partial charge in [-0.15, -0.1) is 0 Å². The Morgan fingerprint density at radius 2 is 1.52 bits per heavy atom. The minimum atomic E-state index is -4.53. The number of carboxylic acid groups (broad SMARTS) is 1.